The molecule has 1 aromatic heterocycles. The zero-order valence-corrected chi connectivity index (χ0v) is 37.0. The maximum Gasteiger partial charge on any atom is 0.301 e. The van der Waals surface area contributed by atoms with Gasteiger partial charge in [-0.15, -0.1) is 0 Å². The molecule has 17 nitrogen and oxygen atoms in total. The first kappa shape index (κ1) is 45.6. The monoisotopic (exact) mass is 915 g/mol. The van der Waals surface area contributed by atoms with Gasteiger partial charge in [0.2, 0.25) is 17.7 Å². The fourth-order valence-corrected chi connectivity index (χ4v) is 10.2. The second kappa shape index (κ2) is 18.8. The van der Waals surface area contributed by atoms with Crippen LogP contribution < -0.4 is 25.7 Å². The molecule has 4 aromatic rings. The number of likely N-dealkylation sites (tertiary alicyclic amines) is 2. The number of nitrogens with zero attached hydrogens (tertiary/aromatic N) is 6. The molecule has 3 amide bonds. The summed E-state index contributed by atoms with van der Waals surface area (Å²) in [5.41, 5.74) is 0.177. The topological polar surface area (TPSA) is 208 Å². The third-order valence-electron chi connectivity index (χ3n) is 13.1. The lowest BCUT2D eigenvalue weighted by molar-refractivity contribution is -0.137. The molecular weight excluding hydrogens is 865 g/mol. The van der Waals surface area contributed by atoms with Crippen LogP contribution >= 0.6 is 0 Å². The Morgan fingerprint density at radius 3 is 2.52 bits per heavy atom. The molecule has 8 rings (SSSR count). The van der Waals surface area contributed by atoms with E-state index in [2.05, 4.69) is 25.2 Å². The number of carbonyl (C=O) groups is 3. The van der Waals surface area contributed by atoms with Gasteiger partial charge in [-0.2, -0.15) is 18.0 Å². The van der Waals surface area contributed by atoms with Gasteiger partial charge in [0.05, 0.1) is 41.7 Å². The molecule has 5 heterocycles. The number of fused-ring (bicyclic) bond motifs is 1. The highest BCUT2D eigenvalue weighted by Gasteiger charge is 2.44. The normalized spacial score (nSPS) is 20.5. The van der Waals surface area contributed by atoms with Crippen molar-refractivity contribution in [2.45, 2.75) is 76.0 Å². The Hall–Kier alpha value is -6.01. The maximum atomic E-state index is 15.3. The molecule has 3 aromatic carbocycles. The molecule has 0 saturated carbocycles. The second-order valence-electron chi connectivity index (χ2n) is 17.3. The number of halogens is 2. The minimum atomic E-state index is -4.03. The zero-order chi connectivity index (χ0) is 46.0. The summed E-state index contributed by atoms with van der Waals surface area (Å²) < 4.78 is 72.7. The third-order valence-corrected chi connectivity index (χ3v) is 14.6. The predicted octanol–water partition coefficient (Wildman–Crippen LogP) is 4.44. The number of amides is 3. The molecule has 0 bridgehead atoms. The van der Waals surface area contributed by atoms with Gasteiger partial charge in [-0.25, -0.2) is 13.8 Å². The van der Waals surface area contributed by atoms with Crippen LogP contribution in [-0.4, -0.2) is 114 Å². The lowest BCUT2D eigenvalue weighted by Crippen LogP contribution is -2.50. The van der Waals surface area contributed by atoms with E-state index in [1.54, 1.807) is 25.1 Å². The van der Waals surface area contributed by atoms with Crippen molar-refractivity contribution in [3.8, 4) is 17.6 Å². The SMILES string of the molecule is CCN(C)S(=O)(=O)Nc1ccc(F)c(Oc2ccc3ncn(CC4COC5(CCN(C(=O)CN6CCC(c7ccc(NC8CCC(=O)NC8=O)cc7F)CC6)CC5)C4)c(=O)c3c2)c1C#N. The van der Waals surface area contributed by atoms with Crippen LogP contribution in [0.2, 0.25) is 0 Å². The zero-order valence-electron chi connectivity index (χ0n) is 36.1. The van der Waals surface area contributed by atoms with E-state index in [1.165, 1.54) is 36.1 Å². The van der Waals surface area contributed by atoms with E-state index in [-0.39, 0.29) is 76.9 Å². The lowest BCUT2D eigenvalue weighted by atomic mass is 9.85. The molecule has 4 fully saturated rings. The quantitative estimate of drug-likeness (QED) is 0.159. The van der Waals surface area contributed by atoms with Crippen molar-refractivity contribution in [1.29, 1.82) is 5.26 Å². The summed E-state index contributed by atoms with van der Waals surface area (Å²) in [6, 6.07) is 12.7. The van der Waals surface area contributed by atoms with Crippen LogP contribution in [0.3, 0.4) is 0 Å². The fourth-order valence-electron chi connectivity index (χ4n) is 9.21. The second-order valence-corrected chi connectivity index (χ2v) is 19.1. The molecule has 4 aliphatic rings. The van der Waals surface area contributed by atoms with Gasteiger partial charge in [-0.1, -0.05) is 13.0 Å². The molecule has 2 atom stereocenters. The van der Waals surface area contributed by atoms with Crippen molar-refractivity contribution >= 4 is 50.2 Å². The molecule has 0 radical (unpaired) electrons. The van der Waals surface area contributed by atoms with E-state index in [9.17, 15) is 32.9 Å². The number of hydrogen-bond donors (Lipinski definition) is 3. The van der Waals surface area contributed by atoms with E-state index in [4.69, 9.17) is 9.47 Å². The number of nitriles is 1. The average Bonchev–Trinajstić information content (AvgIpc) is 3.68. The number of aromatic nitrogens is 2. The molecule has 4 saturated heterocycles. The van der Waals surface area contributed by atoms with Crippen LogP contribution in [0, 0.1) is 28.9 Å². The van der Waals surface area contributed by atoms with Crippen LogP contribution in [0.5, 0.6) is 11.5 Å². The van der Waals surface area contributed by atoms with Gasteiger partial charge < -0.3 is 19.7 Å². The summed E-state index contributed by atoms with van der Waals surface area (Å²) in [6.07, 6.45) is 5.49. The summed E-state index contributed by atoms with van der Waals surface area (Å²) in [6.45, 7) is 5.25. The largest absolute Gasteiger partial charge is 0.453 e. The molecular formula is C45H51F2N9O8S. The van der Waals surface area contributed by atoms with Gasteiger partial charge in [0.15, 0.2) is 11.6 Å². The number of hydrogen-bond acceptors (Lipinski definition) is 12. The smallest absolute Gasteiger partial charge is 0.301 e. The number of benzene rings is 3. The van der Waals surface area contributed by atoms with E-state index in [0.717, 1.165) is 16.4 Å². The van der Waals surface area contributed by atoms with Crippen molar-refractivity contribution in [3.63, 3.8) is 0 Å². The van der Waals surface area contributed by atoms with Crippen LogP contribution in [0.1, 0.15) is 68.9 Å². The molecule has 3 N–H and O–H groups in total. The number of rotatable bonds is 13. The van der Waals surface area contributed by atoms with Gasteiger partial charge in [-0.05, 0) is 106 Å². The molecule has 1 spiro atoms. The van der Waals surface area contributed by atoms with Crippen LogP contribution in [-0.2, 0) is 35.9 Å². The van der Waals surface area contributed by atoms with Crippen molar-refractivity contribution < 1.29 is 41.1 Å². The molecule has 0 aliphatic carbocycles. The highest BCUT2D eigenvalue weighted by Crippen LogP contribution is 2.40. The first-order chi connectivity index (χ1) is 31.1. The van der Waals surface area contributed by atoms with Gasteiger partial charge in [0.25, 0.3) is 5.56 Å². The minimum Gasteiger partial charge on any atom is -0.453 e. The van der Waals surface area contributed by atoms with Gasteiger partial charge in [0.1, 0.15) is 29.2 Å². The number of piperidine rings is 3. The Balaban J connectivity index is 0.825. The number of anilines is 2. The number of imide groups is 1. The third kappa shape index (κ3) is 9.98. The van der Waals surface area contributed by atoms with Crippen molar-refractivity contribution in [2.24, 2.45) is 5.92 Å². The number of carbonyl (C=O) groups excluding carboxylic acids is 3. The van der Waals surface area contributed by atoms with Crippen LogP contribution in [0.25, 0.3) is 10.9 Å². The summed E-state index contributed by atoms with van der Waals surface area (Å²) in [7, 11) is -2.67. The lowest BCUT2D eigenvalue weighted by Gasteiger charge is -2.40. The van der Waals surface area contributed by atoms with E-state index in [1.807, 2.05) is 11.0 Å². The average molecular weight is 916 g/mol. The van der Waals surface area contributed by atoms with Crippen molar-refractivity contribution in [2.75, 3.05) is 63.0 Å². The first-order valence-corrected chi connectivity index (χ1v) is 23.3. The predicted molar refractivity (Wildman–Crippen MR) is 235 cm³/mol. The first-order valence-electron chi connectivity index (χ1n) is 21.8. The molecule has 344 valence electrons. The Kier molecular flexibility index (Phi) is 13.2. The molecule has 20 heteroatoms. The molecule has 65 heavy (non-hydrogen) atoms. The summed E-state index contributed by atoms with van der Waals surface area (Å²) >= 11 is 0. The fraction of sp³-hybridized carbons (Fsp3) is 0.467. The van der Waals surface area contributed by atoms with E-state index >= 15 is 8.78 Å². The highest BCUT2D eigenvalue weighted by atomic mass is 32.2. The van der Waals surface area contributed by atoms with Crippen LogP contribution in [0.15, 0.2) is 59.7 Å². The summed E-state index contributed by atoms with van der Waals surface area (Å²) in [5, 5.41) is 15.4. The Morgan fingerprint density at radius 2 is 1.82 bits per heavy atom. The maximum absolute atomic E-state index is 15.3. The van der Waals surface area contributed by atoms with Crippen molar-refractivity contribution in [3.05, 3.63) is 88.0 Å². The Labute approximate surface area is 374 Å². The standard InChI is InChI=1S/C45H51F2N9O8S/c1-3-53(2)65(61,62)52-38-9-7-35(46)42(34(38)23-48)64-31-5-8-37-33(21-31)44(60)56(27-49-37)24-28-22-45(63-26-28)14-18-55(19-15-45)41(58)25-54-16-12-29(13-17-54)32-6-4-30(20-36(32)47)50-39-10-11-40(57)51-43(39)59/h4-9,20-21,27-29,39,50,52H,3,10-19,22,24-26H2,1-2H3,(H,51,57,59). The number of ether oxygens (including phenoxy) is 2. The molecule has 4 aliphatic heterocycles. The van der Waals surface area contributed by atoms with E-state index in [0.29, 0.717) is 94.6 Å². The Bertz CT molecular complexity index is 2710. The number of nitrogens with one attached hydrogen (secondary N) is 3. The van der Waals surface area contributed by atoms with Gasteiger partial charge >= 0.3 is 10.2 Å². The van der Waals surface area contributed by atoms with Crippen LogP contribution in [0.4, 0.5) is 20.2 Å². The summed E-state index contributed by atoms with van der Waals surface area (Å²) in [5.74, 6) is -2.38. The van der Waals surface area contributed by atoms with Crippen molar-refractivity contribution in [1.82, 2.24) is 29.0 Å². The Morgan fingerprint density at radius 1 is 1.05 bits per heavy atom. The van der Waals surface area contributed by atoms with Gasteiger partial charge in [0, 0.05) is 51.3 Å². The van der Waals surface area contributed by atoms with Gasteiger partial charge in [-0.3, -0.25) is 38.7 Å². The van der Waals surface area contributed by atoms with E-state index < -0.39 is 39.3 Å². The molecule has 2 unspecified atom stereocenters. The highest BCUT2D eigenvalue weighted by molar-refractivity contribution is 7.90. The minimum absolute atomic E-state index is 0.00289. The summed E-state index contributed by atoms with van der Waals surface area (Å²) in [4.78, 5) is 59.3.